The minimum absolute atomic E-state index is 0.466. The molecule has 1 N–H and O–H groups in total. The van der Waals surface area contributed by atoms with E-state index in [2.05, 4.69) is 41.0 Å². The van der Waals surface area contributed by atoms with Crippen LogP contribution in [-0.2, 0) is 11.3 Å². The highest BCUT2D eigenvalue weighted by molar-refractivity contribution is 5.21. The van der Waals surface area contributed by atoms with Crippen molar-refractivity contribution >= 4 is 0 Å². The summed E-state index contributed by atoms with van der Waals surface area (Å²) in [6.45, 7) is 9.21. The van der Waals surface area contributed by atoms with Crippen LogP contribution in [0.25, 0.3) is 0 Å². The van der Waals surface area contributed by atoms with E-state index in [4.69, 9.17) is 4.74 Å². The van der Waals surface area contributed by atoms with Crippen LogP contribution in [0.4, 0.5) is 0 Å². The van der Waals surface area contributed by atoms with Crippen LogP contribution in [0.15, 0.2) is 54.6 Å². The van der Waals surface area contributed by atoms with Crippen LogP contribution < -0.4 is 0 Å². The average Bonchev–Trinajstić information content (AvgIpc) is 2.69. The molecule has 1 atom stereocenters. The first-order valence-corrected chi connectivity index (χ1v) is 9.52. The predicted octanol–water partition coefficient (Wildman–Crippen LogP) is 2.86. The normalized spacial score (nSPS) is 16.7. The van der Waals surface area contributed by atoms with Gasteiger partial charge in [-0.1, -0.05) is 60.2 Å². The van der Waals surface area contributed by atoms with Gasteiger partial charge in [0.25, 0.3) is 0 Å². The Morgan fingerprint density at radius 1 is 1.04 bits per heavy atom. The fourth-order valence-corrected chi connectivity index (χ4v) is 3.32. The van der Waals surface area contributed by atoms with Gasteiger partial charge in [-0.05, 0) is 18.1 Å². The lowest BCUT2D eigenvalue weighted by Gasteiger charge is -2.31. The summed E-state index contributed by atoms with van der Waals surface area (Å²) in [6, 6.07) is 18.6. The third kappa shape index (κ3) is 5.92. The summed E-state index contributed by atoms with van der Waals surface area (Å²) in [5, 5.41) is 10.7. The first-order chi connectivity index (χ1) is 12.7. The highest BCUT2D eigenvalue weighted by atomic mass is 16.5. The maximum Gasteiger partial charge on any atom is 0.0917 e. The van der Waals surface area contributed by atoms with E-state index in [9.17, 15) is 5.11 Å². The first kappa shape index (κ1) is 19.1. The molecule has 2 aromatic carbocycles. The molecule has 2 aromatic rings. The number of aliphatic hydroxyl groups is 1. The van der Waals surface area contributed by atoms with Crippen LogP contribution in [0.2, 0.25) is 0 Å². The second-order valence-electron chi connectivity index (χ2n) is 7.10. The zero-order valence-corrected chi connectivity index (χ0v) is 15.7. The number of hydrogen-bond donors (Lipinski definition) is 1. The minimum atomic E-state index is -0.466. The Morgan fingerprint density at radius 2 is 1.73 bits per heavy atom. The lowest BCUT2D eigenvalue weighted by atomic mass is 10.1. The summed E-state index contributed by atoms with van der Waals surface area (Å²) in [7, 11) is 0. The summed E-state index contributed by atoms with van der Waals surface area (Å²) >= 11 is 0. The van der Waals surface area contributed by atoms with Gasteiger partial charge < -0.3 is 9.84 Å². The molecule has 3 rings (SSSR count). The van der Waals surface area contributed by atoms with Crippen molar-refractivity contribution in [1.82, 2.24) is 9.80 Å². The van der Waals surface area contributed by atoms with Gasteiger partial charge in [-0.3, -0.25) is 9.80 Å². The molecule has 26 heavy (non-hydrogen) atoms. The van der Waals surface area contributed by atoms with Crippen molar-refractivity contribution < 1.29 is 9.84 Å². The first-order valence-electron chi connectivity index (χ1n) is 9.52. The molecule has 0 bridgehead atoms. The van der Waals surface area contributed by atoms with E-state index in [1.807, 2.05) is 30.3 Å². The van der Waals surface area contributed by atoms with Gasteiger partial charge in [0, 0.05) is 39.3 Å². The molecular formula is C22H30N2O2. The van der Waals surface area contributed by atoms with Gasteiger partial charge in [0.1, 0.15) is 0 Å². The molecule has 140 valence electrons. The van der Waals surface area contributed by atoms with Crippen LogP contribution in [0.5, 0.6) is 0 Å². The molecule has 1 saturated heterocycles. The van der Waals surface area contributed by atoms with E-state index in [0.29, 0.717) is 6.54 Å². The van der Waals surface area contributed by atoms with Crippen molar-refractivity contribution in [1.29, 1.82) is 0 Å². The van der Waals surface area contributed by atoms with Crippen molar-refractivity contribution in [3.8, 4) is 0 Å². The third-order valence-electron chi connectivity index (χ3n) is 4.98. The molecule has 0 radical (unpaired) electrons. The van der Waals surface area contributed by atoms with Crippen LogP contribution >= 0.6 is 0 Å². The van der Waals surface area contributed by atoms with Gasteiger partial charge in [-0.25, -0.2) is 0 Å². The fraction of sp³-hybridized carbons (Fsp3) is 0.455. The van der Waals surface area contributed by atoms with Gasteiger partial charge >= 0.3 is 0 Å². The average molecular weight is 354 g/mol. The van der Waals surface area contributed by atoms with E-state index < -0.39 is 6.10 Å². The van der Waals surface area contributed by atoms with Crippen molar-refractivity contribution in [3.63, 3.8) is 0 Å². The SMILES string of the molecule is Cc1ccc(CN(CCN2CCOCC2)C[C@@H](O)c2ccccc2)cc1. The highest BCUT2D eigenvalue weighted by Crippen LogP contribution is 2.16. The summed E-state index contributed by atoms with van der Waals surface area (Å²) < 4.78 is 5.44. The molecule has 1 aliphatic rings. The Balaban J connectivity index is 1.62. The quantitative estimate of drug-likeness (QED) is 0.791. The molecule has 0 aliphatic carbocycles. The van der Waals surface area contributed by atoms with E-state index in [0.717, 1.165) is 51.5 Å². The van der Waals surface area contributed by atoms with Gasteiger partial charge in [0.15, 0.2) is 0 Å². The van der Waals surface area contributed by atoms with Gasteiger partial charge in [0.05, 0.1) is 19.3 Å². The van der Waals surface area contributed by atoms with E-state index in [1.165, 1.54) is 11.1 Å². The van der Waals surface area contributed by atoms with E-state index >= 15 is 0 Å². The maximum atomic E-state index is 10.7. The monoisotopic (exact) mass is 354 g/mol. The molecule has 0 aromatic heterocycles. The number of benzene rings is 2. The van der Waals surface area contributed by atoms with Crippen molar-refractivity contribution in [2.75, 3.05) is 45.9 Å². The number of aliphatic hydroxyl groups excluding tert-OH is 1. The van der Waals surface area contributed by atoms with Gasteiger partial charge in [-0.15, -0.1) is 0 Å². The number of ether oxygens (including phenoxy) is 1. The smallest absolute Gasteiger partial charge is 0.0917 e. The topological polar surface area (TPSA) is 35.9 Å². The number of nitrogens with zero attached hydrogens (tertiary/aromatic N) is 2. The number of morpholine rings is 1. The largest absolute Gasteiger partial charge is 0.387 e. The number of rotatable bonds is 8. The molecule has 1 heterocycles. The van der Waals surface area contributed by atoms with Crippen LogP contribution in [-0.4, -0.2) is 60.8 Å². The molecule has 0 unspecified atom stereocenters. The third-order valence-corrected chi connectivity index (χ3v) is 4.98. The summed E-state index contributed by atoms with van der Waals surface area (Å²) in [6.07, 6.45) is -0.466. The standard InChI is InChI=1S/C22H30N2O2/c1-19-7-9-20(10-8-19)17-24(12-11-23-13-15-26-16-14-23)18-22(25)21-5-3-2-4-6-21/h2-10,22,25H,11-18H2,1H3/t22-/m1/s1. The summed E-state index contributed by atoms with van der Waals surface area (Å²) in [5.74, 6) is 0. The Kier molecular flexibility index (Phi) is 7.21. The maximum absolute atomic E-state index is 10.7. The molecule has 1 aliphatic heterocycles. The lowest BCUT2D eigenvalue weighted by molar-refractivity contribution is 0.0291. The lowest BCUT2D eigenvalue weighted by Crippen LogP contribution is -2.42. The zero-order valence-electron chi connectivity index (χ0n) is 15.7. The Labute approximate surface area is 157 Å². The van der Waals surface area contributed by atoms with Crippen LogP contribution in [0.1, 0.15) is 22.8 Å². The molecule has 0 amide bonds. The number of hydrogen-bond acceptors (Lipinski definition) is 4. The van der Waals surface area contributed by atoms with Crippen LogP contribution in [0.3, 0.4) is 0 Å². The van der Waals surface area contributed by atoms with E-state index in [-0.39, 0.29) is 0 Å². The Bertz CT molecular complexity index is 639. The molecule has 0 spiro atoms. The van der Waals surface area contributed by atoms with E-state index in [1.54, 1.807) is 0 Å². The van der Waals surface area contributed by atoms with Crippen molar-refractivity contribution in [2.24, 2.45) is 0 Å². The van der Waals surface area contributed by atoms with Crippen molar-refractivity contribution in [2.45, 2.75) is 19.6 Å². The Hall–Kier alpha value is -1.72. The summed E-state index contributed by atoms with van der Waals surface area (Å²) in [4.78, 5) is 4.80. The second-order valence-corrected chi connectivity index (χ2v) is 7.10. The fourth-order valence-electron chi connectivity index (χ4n) is 3.32. The zero-order chi connectivity index (χ0) is 18.2. The van der Waals surface area contributed by atoms with Crippen molar-refractivity contribution in [3.05, 3.63) is 71.3 Å². The molecule has 4 heteroatoms. The molecular weight excluding hydrogens is 324 g/mol. The van der Waals surface area contributed by atoms with Crippen LogP contribution in [0, 0.1) is 6.92 Å². The molecule has 4 nitrogen and oxygen atoms in total. The minimum Gasteiger partial charge on any atom is -0.387 e. The summed E-state index contributed by atoms with van der Waals surface area (Å²) in [5.41, 5.74) is 3.54. The highest BCUT2D eigenvalue weighted by Gasteiger charge is 2.16. The molecule has 0 saturated carbocycles. The number of aryl methyl sites for hydroxylation is 1. The molecule has 1 fully saturated rings. The second kappa shape index (κ2) is 9.83. The predicted molar refractivity (Wildman–Crippen MR) is 105 cm³/mol. The van der Waals surface area contributed by atoms with Gasteiger partial charge in [-0.2, -0.15) is 0 Å². The van der Waals surface area contributed by atoms with Gasteiger partial charge in [0.2, 0.25) is 0 Å². The Morgan fingerprint density at radius 3 is 2.42 bits per heavy atom.